The van der Waals surface area contributed by atoms with Crippen LogP contribution in [0.1, 0.15) is 12.7 Å². The van der Waals surface area contributed by atoms with Crippen molar-refractivity contribution in [3.63, 3.8) is 0 Å². The van der Waals surface area contributed by atoms with Crippen LogP contribution >= 0.6 is 0 Å². The number of carbonyl (C=O) groups is 1. The van der Waals surface area contributed by atoms with E-state index in [-0.39, 0.29) is 29.2 Å². The van der Waals surface area contributed by atoms with Crippen LogP contribution in [0.2, 0.25) is 0 Å². The van der Waals surface area contributed by atoms with Crippen LogP contribution in [-0.4, -0.2) is 43.1 Å². The third-order valence-electron chi connectivity index (χ3n) is 3.07. The normalized spacial score (nSPS) is 11.2. The summed E-state index contributed by atoms with van der Waals surface area (Å²) in [6.45, 7) is 3.58. The number of methoxy groups -OCH3 is 1. The zero-order valence-electron chi connectivity index (χ0n) is 15.0. The maximum atomic E-state index is 12.5. The Balaban J connectivity index is 2.16. The average molecular weight is 393 g/mol. The van der Waals surface area contributed by atoms with Gasteiger partial charge in [-0.1, -0.05) is 24.3 Å². The first-order chi connectivity index (χ1) is 12.9. The van der Waals surface area contributed by atoms with Crippen molar-refractivity contribution in [2.24, 2.45) is 0 Å². The molecule has 2 aromatic rings. The molecule has 0 saturated heterocycles. The molecule has 1 heterocycles. The van der Waals surface area contributed by atoms with Gasteiger partial charge >= 0.3 is 12.0 Å². The van der Waals surface area contributed by atoms with E-state index in [0.29, 0.717) is 5.82 Å². The van der Waals surface area contributed by atoms with Gasteiger partial charge in [-0.05, 0) is 26.0 Å². The molecule has 27 heavy (non-hydrogen) atoms. The molecular formula is C16H19N5O5S. The van der Waals surface area contributed by atoms with Gasteiger partial charge in [-0.3, -0.25) is 5.32 Å². The lowest BCUT2D eigenvalue weighted by molar-refractivity contribution is 0.256. The summed E-state index contributed by atoms with van der Waals surface area (Å²) in [7, 11) is -2.83. The smallest absolute Gasteiger partial charge is 0.335 e. The number of sulfonamides is 1. The Morgan fingerprint density at radius 1 is 1.22 bits per heavy atom. The van der Waals surface area contributed by atoms with Gasteiger partial charge in [0.15, 0.2) is 0 Å². The highest BCUT2D eigenvalue weighted by atomic mass is 32.2. The fraction of sp³-hybridized carbons (Fsp3) is 0.250. The zero-order chi connectivity index (χ0) is 19.9. The lowest BCUT2D eigenvalue weighted by atomic mass is 10.3. The second-order valence-corrected chi connectivity index (χ2v) is 6.73. The van der Waals surface area contributed by atoms with Gasteiger partial charge in [0.2, 0.25) is 5.95 Å². The number of urea groups is 1. The summed E-state index contributed by atoms with van der Waals surface area (Å²) in [6.07, 6.45) is 3.49. The van der Waals surface area contributed by atoms with Crippen LogP contribution in [0.3, 0.4) is 0 Å². The largest absolute Gasteiger partial charge is 0.488 e. The van der Waals surface area contributed by atoms with Crippen molar-refractivity contribution < 1.29 is 22.7 Å². The maximum absolute atomic E-state index is 12.5. The Bertz CT molecular complexity index is 946. The minimum absolute atomic E-state index is 0.0108. The van der Waals surface area contributed by atoms with Crippen LogP contribution in [0.15, 0.2) is 41.3 Å². The van der Waals surface area contributed by atoms with Crippen molar-refractivity contribution in [3.8, 4) is 11.8 Å². The van der Waals surface area contributed by atoms with Gasteiger partial charge in [-0.15, -0.1) is 0 Å². The van der Waals surface area contributed by atoms with Crippen LogP contribution in [0.4, 0.5) is 10.7 Å². The minimum Gasteiger partial charge on any atom is -0.488 e. The number of hydrogen-bond donors (Lipinski definition) is 2. The lowest BCUT2D eigenvalue weighted by Crippen LogP contribution is -2.35. The topological polar surface area (TPSA) is 132 Å². The van der Waals surface area contributed by atoms with Crippen molar-refractivity contribution in [2.45, 2.75) is 18.7 Å². The summed E-state index contributed by atoms with van der Waals surface area (Å²) in [4.78, 5) is 23.5. The van der Waals surface area contributed by atoms with E-state index in [1.54, 1.807) is 25.1 Å². The summed E-state index contributed by atoms with van der Waals surface area (Å²) in [5, 5.41) is 2.23. The molecule has 0 aliphatic heterocycles. The number of hydrogen-bond acceptors (Lipinski definition) is 8. The molecule has 2 amide bonds. The summed E-state index contributed by atoms with van der Waals surface area (Å²) < 4.78 is 37.2. The molecule has 2 N–H and O–H groups in total. The molecule has 11 heteroatoms. The second-order valence-electron chi connectivity index (χ2n) is 5.08. The van der Waals surface area contributed by atoms with Crippen molar-refractivity contribution in [3.05, 3.63) is 42.2 Å². The Morgan fingerprint density at radius 3 is 2.67 bits per heavy atom. The van der Waals surface area contributed by atoms with Gasteiger partial charge in [-0.25, -0.2) is 17.9 Å². The number of aromatic nitrogens is 3. The highest BCUT2D eigenvalue weighted by molar-refractivity contribution is 7.90. The summed E-state index contributed by atoms with van der Waals surface area (Å²) in [5.41, 5.74) is 0. The fourth-order valence-corrected chi connectivity index (χ4v) is 2.99. The van der Waals surface area contributed by atoms with Crippen LogP contribution in [0, 0.1) is 6.92 Å². The van der Waals surface area contributed by atoms with Crippen LogP contribution < -0.4 is 19.5 Å². The Kier molecular flexibility index (Phi) is 6.66. The van der Waals surface area contributed by atoms with Gasteiger partial charge in [0.25, 0.3) is 10.0 Å². The number of benzene rings is 1. The van der Waals surface area contributed by atoms with Gasteiger partial charge in [0, 0.05) is 0 Å². The molecule has 0 spiro atoms. The molecule has 10 nitrogen and oxygen atoms in total. The highest BCUT2D eigenvalue weighted by Gasteiger charge is 2.22. The monoisotopic (exact) mass is 393 g/mol. The molecule has 144 valence electrons. The molecule has 2 rings (SSSR count). The van der Waals surface area contributed by atoms with E-state index in [0.717, 1.165) is 0 Å². The SMILES string of the molecule is CC=CCOc1ccccc1S(=O)(=O)NC(=O)Nc1nc(C)nc(OC)n1. The molecule has 0 unspecified atom stereocenters. The third-order valence-corrected chi connectivity index (χ3v) is 4.44. The van der Waals surface area contributed by atoms with Crippen molar-refractivity contribution in [1.82, 2.24) is 19.7 Å². The third kappa shape index (κ3) is 5.64. The van der Waals surface area contributed by atoms with Gasteiger partial charge in [-0.2, -0.15) is 15.0 Å². The van der Waals surface area contributed by atoms with Crippen LogP contribution in [0.25, 0.3) is 0 Å². The maximum Gasteiger partial charge on any atom is 0.335 e. The van der Waals surface area contributed by atoms with E-state index < -0.39 is 16.1 Å². The van der Waals surface area contributed by atoms with E-state index in [2.05, 4.69) is 20.3 Å². The molecule has 0 saturated carbocycles. The van der Waals surface area contributed by atoms with Gasteiger partial charge in [0.1, 0.15) is 23.1 Å². The van der Waals surface area contributed by atoms with E-state index in [9.17, 15) is 13.2 Å². The van der Waals surface area contributed by atoms with Crippen molar-refractivity contribution in [1.29, 1.82) is 0 Å². The van der Waals surface area contributed by atoms with E-state index in [1.807, 2.05) is 11.6 Å². The number of aryl methyl sites for hydroxylation is 1. The standard InChI is InChI=1S/C16H19N5O5S/c1-4-5-10-26-12-8-6-7-9-13(12)27(23,24)21-15(22)19-14-17-11(2)18-16(20-14)25-3/h4-9H,10H2,1-3H3,(H2,17,18,19,20,21,22). The minimum atomic E-state index is -4.19. The Morgan fingerprint density at radius 2 is 1.96 bits per heavy atom. The second kappa shape index (κ2) is 8.94. The van der Waals surface area contributed by atoms with Gasteiger partial charge < -0.3 is 9.47 Å². The molecule has 0 radical (unpaired) electrons. The molecule has 0 aliphatic rings. The number of carbonyl (C=O) groups excluding carboxylic acids is 1. The number of amides is 2. The number of rotatable bonds is 7. The lowest BCUT2D eigenvalue weighted by Gasteiger charge is -2.12. The van der Waals surface area contributed by atoms with Crippen LogP contribution in [-0.2, 0) is 10.0 Å². The number of anilines is 1. The van der Waals surface area contributed by atoms with E-state index >= 15 is 0 Å². The zero-order valence-corrected chi connectivity index (χ0v) is 15.8. The predicted molar refractivity (Wildman–Crippen MR) is 97.2 cm³/mol. The van der Waals surface area contributed by atoms with E-state index in [1.165, 1.54) is 25.3 Å². The number of nitrogens with one attached hydrogen (secondary N) is 2. The first-order valence-electron chi connectivity index (χ1n) is 7.79. The fourth-order valence-electron chi connectivity index (χ4n) is 1.93. The average Bonchev–Trinajstić information content (AvgIpc) is 2.61. The predicted octanol–water partition coefficient (Wildman–Crippen LogP) is 1.65. The molecule has 0 atom stereocenters. The van der Waals surface area contributed by atoms with Crippen molar-refractivity contribution in [2.75, 3.05) is 19.0 Å². The van der Waals surface area contributed by atoms with Crippen molar-refractivity contribution >= 4 is 22.0 Å². The number of nitrogens with zero attached hydrogens (tertiary/aromatic N) is 3. The summed E-state index contributed by atoms with van der Waals surface area (Å²) >= 11 is 0. The summed E-state index contributed by atoms with van der Waals surface area (Å²) in [6, 6.07) is 4.93. The molecule has 0 bridgehead atoms. The quantitative estimate of drug-likeness (QED) is 0.679. The Hall–Kier alpha value is -3.21. The van der Waals surface area contributed by atoms with Crippen LogP contribution in [0.5, 0.6) is 11.8 Å². The van der Waals surface area contributed by atoms with E-state index in [4.69, 9.17) is 9.47 Å². The van der Waals surface area contributed by atoms with Gasteiger partial charge in [0.05, 0.1) is 7.11 Å². The first kappa shape index (κ1) is 20.1. The first-order valence-corrected chi connectivity index (χ1v) is 9.27. The molecule has 0 fully saturated rings. The Labute approximate surface area is 156 Å². The number of para-hydroxylation sites is 1. The highest BCUT2D eigenvalue weighted by Crippen LogP contribution is 2.23. The molecule has 1 aromatic heterocycles. The number of ether oxygens (including phenoxy) is 2. The molecular weight excluding hydrogens is 374 g/mol. The summed E-state index contributed by atoms with van der Waals surface area (Å²) in [5.74, 6) is 0.265. The molecule has 0 aliphatic carbocycles. The molecule has 1 aromatic carbocycles. The number of allylic oxidation sites excluding steroid dienone is 1.